The maximum atomic E-state index is 5.56. The molecule has 0 radical (unpaired) electrons. The van der Waals surface area contributed by atoms with Gasteiger partial charge in [-0.25, -0.2) is 9.99 Å². The maximum Gasteiger partial charge on any atom is 0.181 e. The highest BCUT2D eigenvalue weighted by atomic mass is 35.5. The first kappa shape index (κ1) is 23.2. The van der Waals surface area contributed by atoms with Crippen LogP contribution in [-0.2, 0) is 6.54 Å². The van der Waals surface area contributed by atoms with Gasteiger partial charge >= 0.3 is 0 Å². The summed E-state index contributed by atoms with van der Waals surface area (Å²) in [4.78, 5) is 4.01. The first-order valence-electron chi connectivity index (χ1n) is 9.46. The van der Waals surface area contributed by atoms with E-state index in [-0.39, 0.29) is 24.8 Å². The largest absolute Gasteiger partial charge is 0.496 e. The normalized spacial score (nSPS) is 16.5. The average Bonchev–Trinajstić information content (AvgIpc) is 3.28. The van der Waals surface area contributed by atoms with E-state index < -0.39 is 0 Å². The number of ether oxygens (including phenoxy) is 1. The Hall–Kier alpha value is -2.05. The van der Waals surface area contributed by atoms with Crippen molar-refractivity contribution in [3.63, 3.8) is 0 Å². The molecule has 0 amide bonds. The fourth-order valence-corrected chi connectivity index (χ4v) is 3.76. The summed E-state index contributed by atoms with van der Waals surface area (Å²) in [5, 5.41) is 2.37. The van der Waals surface area contributed by atoms with Crippen molar-refractivity contribution < 1.29 is 9.15 Å². The van der Waals surface area contributed by atoms with Crippen LogP contribution in [0.1, 0.15) is 36.4 Å². The molecule has 4 rings (SSSR count). The summed E-state index contributed by atoms with van der Waals surface area (Å²) in [7, 11) is 1.71. The molecule has 0 aliphatic carbocycles. The Bertz CT molecular complexity index is 860. The van der Waals surface area contributed by atoms with Gasteiger partial charge in [0, 0.05) is 30.3 Å². The summed E-state index contributed by atoms with van der Waals surface area (Å²) in [6, 6.07) is 17.2. The highest BCUT2D eigenvalue weighted by Gasteiger charge is 2.23. The molecule has 1 aliphatic heterocycles. The van der Waals surface area contributed by atoms with Crippen molar-refractivity contribution in [3.8, 4) is 17.1 Å². The molecule has 2 aromatic carbocycles. The highest BCUT2D eigenvalue weighted by Crippen LogP contribution is 2.30. The summed E-state index contributed by atoms with van der Waals surface area (Å²) in [6.07, 6.45) is 6.84. The minimum absolute atomic E-state index is 0. The van der Waals surface area contributed by atoms with Crippen LogP contribution < -0.4 is 10.2 Å². The average molecular weight is 436 g/mol. The van der Waals surface area contributed by atoms with E-state index >= 15 is 0 Å². The number of piperidine rings is 1. The fourth-order valence-electron chi connectivity index (χ4n) is 3.76. The van der Waals surface area contributed by atoms with Gasteiger partial charge in [0.15, 0.2) is 12.2 Å². The van der Waals surface area contributed by atoms with Crippen LogP contribution in [0.15, 0.2) is 65.5 Å². The minimum atomic E-state index is 0. The van der Waals surface area contributed by atoms with E-state index in [4.69, 9.17) is 9.15 Å². The second-order valence-electron chi connectivity index (χ2n) is 6.84. The molecular weight excluding hydrogens is 409 g/mol. The molecule has 1 saturated heterocycles. The van der Waals surface area contributed by atoms with Gasteiger partial charge in [0.25, 0.3) is 0 Å². The van der Waals surface area contributed by atoms with E-state index in [0.717, 1.165) is 29.2 Å². The van der Waals surface area contributed by atoms with Gasteiger partial charge < -0.3 is 9.15 Å². The van der Waals surface area contributed by atoms with Gasteiger partial charge in [-0.2, -0.15) is 0 Å². The topological polar surface area (TPSA) is 50.5 Å². The summed E-state index contributed by atoms with van der Waals surface area (Å²) >= 11 is 0. The van der Waals surface area contributed by atoms with Gasteiger partial charge in [0.2, 0.25) is 0 Å². The first-order valence-corrected chi connectivity index (χ1v) is 9.46. The summed E-state index contributed by atoms with van der Waals surface area (Å²) < 4.78 is 11.0. The molecule has 3 aromatic rings. The first-order chi connectivity index (χ1) is 13.3. The van der Waals surface area contributed by atoms with Gasteiger partial charge in [0.1, 0.15) is 5.75 Å². The molecule has 7 heteroatoms. The number of hydrogen-bond acceptors (Lipinski definition) is 5. The van der Waals surface area contributed by atoms with Crippen molar-refractivity contribution in [1.82, 2.24) is 15.4 Å². The summed E-state index contributed by atoms with van der Waals surface area (Å²) in [6.45, 7) is 1.75. The van der Waals surface area contributed by atoms with Crippen molar-refractivity contribution in [1.29, 1.82) is 0 Å². The van der Waals surface area contributed by atoms with Crippen molar-refractivity contribution in [2.45, 2.75) is 31.8 Å². The molecule has 1 fully saturated rings. The number of hydrogen-bond donors (Lipinski definition) is 1. The summed E-state index contributed by atoms with van der Waals surface area (Å²) in [5.74, 6) is 1.64. The van der Waals surface area contributed by atoms with E-state index in [1.54, 1.807) is 13.3 Å². The van der Waals surface area contributed by atoms with Gasteiger partial charge in [-0.3, -0.25) is 5.43 Å². The number of methoxy groups -OCH3 is 1. The third-order valence-electron chi connectivity index (χ3n) is 5.16. The van der Waals surface area contributed by atoms with Gasteiger partial charge in [-0.05, 0) is 36.6 Å². The number of hydrazine groups is 1. The van der Waals surface area contributed by atoms with E-state index in [1.165, 1.54) is 31.2 Å². The quantitative estimate of drug-likeness (QED) is 0.559. The molecule has 1 aromatic heterocycles. The lowest BCUT2D eigenvalue weighted by Gasteiger charge is -2.36. The van der Waals surface area contributed by atoms with Gasteiger partial charge in [-0.15, -0.1) is 24.8 Å². The third kappa shape index (κ3) is 5.52. The highest BCUT2D eigenvalue weighted by molar-refractivity contribution is 5.85. The molecule has 1 aliphatic rings. The zero-order chi connectivity index (χ0) is 18.5. The van der Waals surface area contributed by atoms with Crippen LogP contribution in [0.25, 0.3) is 11.3 Å². The second kappa shape index (κ2) is 11.2. The van der Waals surface area contributed by atoms with Crippen molar-refractivity contribution >= 4 is 24.8 Å². The SMILES string of the molecule is COc1ccc(-c2cnco2)cc1CNN1CCCCC1c1ccccc1.Cl.Cl. The number of rotatable bonds is 6. The Kier molecular flexibility index (Phi) is 8.99. The molecule has 0 saturated carbocycles. The van der Waals surface area contributed by atoms with Crippen LogP contribution in [0.4, 0.5) is 0 Å². The predicted molar refractivity (Wildman–Crippen MR) is 120 cm³/mol. The Morgan fingerprint density at radius 1 is 1.14 bits per heavy atom. The molecule has 5 nitrogen and oxygen atoms in total. The zero-order valence-electron chi connectivity index (χ0n) is 16.4. The van der Waals surface area contributed by atoms with Crippen LogP contribution in [0, 0.1) is 0 Å². The fraction of sp³-hybridized carbons (Fsp3) is 0.318. The van der Waals surface area contributed by atoms with E-state index in [0.29, 0.717) is 12.6 Å². The smallest absolute Gasteiger partial charge is 0.181 e. The zero-order valence-corrected chi connectivity index (χ0v) is 18.0. The molecule has 29 heavy (non-hydrogen) atoms. The second-order valence-corrected chi connectivity index (χ2v) is 6.84. The van der Waals surface area contributed by atoms with E-state index in [2.05, 4.69) is 51.8 Å². The molecule has 1 unspecified atom stereocenters. The lowest BCUT2D eigenvalue weighted by atomic mass is 9.97. The van der Waals surface area contributed by atoms with Crippen molar-refractivity contribution in [2.24, 2.45) is 0 Å². The minimum Gasteiger partial charge on any atom is -0.496 e. The number of benzene rings is 2. The molecule has 0 spiro atoms. The van der Waals surface area contributed by atoms with Crippen molar-refractivity contribution in [3.05, 3.63) is 72.2 Å². The number of nitrogens with one attached hydrogen (secondary N) is 1. The Morgan fingerprint density at radius 2 is 1.97 bits per heavy atom. The lowest BCUT2D eigenvalue weighted by Crippen LogP contribution is -2.43. The van der Waals surface area contributed by atoms with Crippen LogP contribution in [0.5, 0.6) is 5.75 Å². The number of halogens is 2. The standard InChI is InChI=1S/C22H25N3O2.2ClH/c1-26-21-11-10-18(22-15-23-16-27-22)13-19(21)14-24-25-12-6-5-9-20(25)17-7-3-2-4-8-17;;/h2-4,7-8,10-11,13,15-16,20,24H,5-6,9,12,14H2,1H3;2*1H. The van der Waals surface area contributed by atoms with Crippen LogP contribution in [0.2, 0.25) is 0 Å². The van der Waals surface area contributed by atoms with Crippen LogP contribution in [0.3, 0.4) is 0 Å². The monoisotopic (exact) mass is 435 g/mol. The Morgan fingerprint density at radius 3 is 2.69 bits per heavy atom. The Labute approximate surface area is 184 Å². The lowest BCUT2D eigenvalue weighted by molar-refractivity contribution is 0.0822. The van der Waals surface area contributed by atoms with Gasteiger partial charge in [0.05, 0.1) is 13.3 Å². The van der Waals surface area contributed by atoms with Crippen LogP contribution in [-0.4, -0.2) is 23.6 Å². The molecule has 2 heterocycles. The van der Waals surface area contributed by atoms with Crippen molar-refractivity contribution in [2.75, 3.05) is 13.7 Å². The van der Waals surface area contributed by atoms with E-state index in [1.807, 2.05) is 12.1 Å². The maximum absolute atomic E-state index is 5.56. The number of nitrogens with zero attached hydrogens (tertiary/aromatic N) is 2. The predicted octanol–water partition coefficient (Wildman–Crippen LogP) is 5.43. The summed E-state index contributed by atoms with van der Waals surface area (Å²) in [5.41, 5.74) is 7.11. The molecule has 0 bridgehead atoms. The van der Waals surface area contributed by atoms with E-state index in [9.17, 15) is 0 Å². The molecular formula is C22H27Cl2N3O2. The van der Waals surface area contributed by atoms with Crippen LogP contribution >= 0.6 is 24.8 Å². The van der Waals surface area contributed by atoms with Gasteiger partial charge in [-0.1, -0.05) is 36.8 Å². The third-order valence-corrected chi connectivity index (χ3v) is 5.16. The molecule has 1 atom stereocenters. The number of oxazole rings is 1. The number of aromatic nitrogens is 1. The Balaban J connectivity index is 0.00000150. The molecule has 156 valence electrons. The molecule has 1 N–H and O–H groups in total.